The summed E-state index contributed by atoms with van der Waals surface area (Å²) >= 11 is 0. The van der Waals surface area contributed by atoms with Crippen LogP contribution in [0, 0.1) is 17.8 Å². The summed E-state index contributed by atoms with van der Waals surface area (Å²) in [7, 11) is 0. The summed E-state index contributed by atoms with van der Waals surface area (Å²) in [5.41, 5.74) is 0. The average Bonchev–Trinajstić information content (AvgIpc) is 3.07. The van der Waals surface area contributed by atoms with E-state index in [1.54, 1.807) is 0 Å². The first-order valence-electron chi connectivity index (χ1n) is 6.84. The molecule has 1 N–H and O–H groups in total. The molecule has 1 amide bonds. The molecule has 3 aliphatic rings. The molecule has 1 aliphatic carbocycles. The number of carbonyl (C=O) groups excluding carboxylic acids is 1. The van der Waals surface area contributed by atoms with Gasteiger partial charge in [0.2, 0.25) is 5.91 Å². The molecule has 0 aromatic heterocycles. The second kappa shape index (κ2) is 4.36. The molecule has 3 rings (SSSR count). The van der Waals surface area contributed by atoms with Crippen molar-refractivity contribution >= 4 is 5.91 Å². The highest BCUT2D eigenvalue weighted by atomic mass is 16.2. The third kappa shape index (κ3) is 2.10. The molecule has 1 unspecified atom stereocenters. The predicted molar refractivity (Wildman–Crippen MR) is 63.0 cm³/mol. The van der Waals surface area contributed by atoms with Gasteiger partial charge in [0.05, 0.1) is 0 Å². The molecule has 0 aromatic rings. The number of nitrogens with one attached hydrogen (secondary N) is 1. The zero-order valence-corrected chi connectivity index (χ0v) is 9.95. The van der Waals surface area contributed by atoms with E-state index in [0.29, 0.717) is 11.8 Å². The van der Waals surface area contributed by atoms with Crippen molar-refractivity contribution in [3.8, 4) is 0 Å². The van der Waals surface area contributed by atoms with Crippen LogP contribution in [0.15, 0.2) is 0 Å². The lowest BCUT2D eigenvalue weighted by Crippen LogP contribution is -2.34. The Bertz CT molecular complexity index is 269. The van der Waals surface area contributed by atoms with Crippen LogP contribution < -0.4 is 5.32 Å². The Kier molecular flexibility index (Phi) is 2.88. The summed E-state index contributed by atoms with van der Waals surface area (Å²) in [6.07, 6.45) is 6.18. The summed E-state index contributed by atoms with van der Waals surface area (Å²) in [5.74, 6) is 2.53. The van der Waals surface area contributed by atoms with Gasteiger partial charge in [0.25, 0.3) is 0 Å². The molecule has 16 heavy (non-hydrogen) atoms. The van der Waals surface area contributed by atoms with E-state index in [1.807, 2.05) is 0 Å². The summed E-state index contributed by atoms with van der Waals surface area (Å²) in [6, 6.07) is 0. The maximum atomic E-state index is 11.9. The van der Waals surface area contributed by atoms with Crippen LogP contribution in [0.4, 0.5) is 0 Å². The van der Waals surface area contributed by atoms with Crippen molar-refractivity contribution < 1.29 is 4.79 Å². The Balaban J connectivity index is 1.53. The van der Waals surface area contributed by atoms with Crippen molar-refractivity contribution in [1.29, 1.82) is 0 Å². The van der Waals surface area contributed by atoms with Gasteiger partial charge in [-0.15, -0.1) is 0 Å². The van der Waals surface area contributed by atoms with Crippen LogP contribution in [-0.2, 0) is 4.79 Å². The van der Waals surface area contributed by atoms with Crippen molar-refractivity contribution in [3.05, 3.63) is 0 Å². The van der Waals surface area contributed by atoms with E-state index in [1.165, 1.54) is 32.4 Å². The summed E-state index contributed by atoms with van der Waals surface area (Å²) in [6.45, 7) is 4.44. The molecule has 2 aliphatic heterocycles. The lowest BCUT2D eigenvalue weighted by molar-refractivity contribution is -0.131. The third-order valence-electron chi connectivity index (χ3n) is 4.51. The Morgan fingerprint density at radius 1 is 1.00 bits per heavy atom. The largest absolute Gasteiger partial charge is 0.342 e. The molecule has 3 nitrogen and oxygen atoms in total. The quantitative estimate of drug-likeness (QED) is 0.762. The monoisotopic (exact) mass is 222 g/mol. The van der Waals surface area contributed by atoms with Crippen molar-refractivity contribution in [2.75, 3.05) is 26.2 Å². The molecule has 0 bridgehead atoms. The summed E-state index contributed by atoms with van der Waals surface area (Å²) in [4.78, 5) is 14.1. The van der Waals surface area contributed by atoms with E-state index in [2.05, 4.69) is 10.2 Å². The fraction of sp³-hybridized carbons (Fsp3) is 0.923. The molecule has 1 atom stereocenters. The van der Waals surface area contributed by atoms with Crippen molar-refractivity contribution in [2.24, 2.45) is 17.8 Å². The topological polar surface area (TPSA) is 32.3 Å². The Hall–Kier alpha value is -0.570. The lowest BCUT2D eigenvalue weighted by Gasteiger charge is -2.28. The van der Waals surface area contributed by atoms with Gasteiger partial charge < -0.3 is 10.2 Å². The van der Waals surface area contributed by atoms with Gasteiger partial charge in [0.15, 0.2) is 0 Å². The lowest BCUT2D eigenvalue weighted by atomic mass is 9.84. The minimum absolute atomic E-state index is 0.409. The first-order chi connectivity index (χ1) is 7.84. The molecule has 0 aromatic carbocycles. The fourth-order valence-corrected chi connectivity index (χ4v) is 3.28. The molecule has 2 saturated heterocycles. The van der Waals surface area contributed by atoms with Crippen LogP contribution in [-0.4, -0.2) is 37.0 Å². The maximum absolute atomic E-state index is 11.9. The normalized spacial score (nSPS) is 32.0. The van der Waals surface area contributed by atoms with Gasteiger partial charge in [0.1, 0.15) is 0 Å². The standard InChI is InChI=1S/C13H22N2O/c16-13(11-1-2-11)15-8-5-12(9-15)10-3-6-14-7-4-10/h10-12,14H,1-9H2. The molecule has 3 heteroatoms. The third-order valence-corrected chi connectivity index (χ3v) is 4.51. The Labute approximate surface area is 97.6 Å². The van der Waals surface area contributed by atoms with Crippen LogP contribution in [0.2, 0.25) is 0 Å². The van der Waals surface area contributed by atoms with Crippen molar-refractivity contribution in [3.63, 3.8) is 0 Å². The Morgan fingerprint density at radius 2 is 1.75 bits per heavy atom. The zero-order chi connectivity index (χ0) is 11.0. The fourth-order valence-electron chi connectivity index (χ4n) is 3.28. The van der Waals surface area contributed by atoms with Crippen molar-refractivity contribution in [1.82, 2.24) is 10.2 Å². The van der Waals surface area contributed by atoms with Crippen LogP contribution >= 0.6 is 0 Å². The highest BCUT2D eigenvalue weighted by Gasteiger charge is 2.38. The number of rotatable bonds is 2. The second-order valence-corrected chi connectivity index (χ2v) is 5.69. The molecule has 1 saturated carbocycles. The number of carbonyl (C=O) groups is 1. The smallest absolute Gasteiger partial charge is 0.225 e. The SMILES string of the molecule is O=C(C1CC1)N1CCC(C2CCNCC2)C1. The maximum Gasteiger partial charge on any atom is 0.225 e. The van der Waals surface area contributed by atoms with E-state index in [4.69, 9.17) is 0 Å². The summed E-state index contributed by atoms with van der Waals surface area (Å²) < 4.78 is 0. The van der Waals surface area contributed by atoms with Crippen molar-refractivity contribution in [2.45, 2.75) is 32.1 Å². The average molecular weight is 222 g/mol. The van der Waals surface area contributed by atoms with Gasteiger partial charge in [0, 0.05) is 19.0 Å². The highest BCUT2D eigenvalue weighted by Crippen LogP contribution is 2.35. The minimum atomic E-state index is 0.409. The summed E-state index contributed by atoms with van der Waals surface area (Å²) in [5, 5.41) is 3.42. The van der Waals surface area contributed by atoms with Gasteiger partial charge in [-0.25, -0.2) is 0 Å². The van der Waals surface area contributed by atoms with Gasteiger partial charge >= 0.3 is 0 Å². The highest BCUT2D eigenvalue weighted by molar-refractivity contribution is 5.81. The molecule has 0 radical (unpaired) electrons. The molecule has 3 fully saturated rings. The van der Waals surface area contributed by atoms with Gasteiger partial charge in [-0.3, -0.25) is 4.79 Å². The first kappa shape index (κ1) is 10.6. The van der Waals surface area contributed by atoms with E-state index in [-0.39, 0.29) is 0 Å². The molecule has 90 valence electrons. The van der Waals surface area contributed by atoms with E-state index < -0.39 is 0 Å². The first-order valence-corrected chi connectivity index (χ1v) is 6.84. The zero-order valence-electron chi connectivity index (χ0n) is 9.95. The molecular weight excluding hydrogens is 200 g/mol. The van der Waals surface area contributed by atoms with Gasteiger partial charge in [-0.2, -0.15) is 0 Å². The van der Waals surface area contributed by atoms with Gasteiger partial charge in [-0.1, -0.05) is 0 Å². The van der Waals surface area contributed by atoms with Crippen LogP contribution in [0.5, 0.6) is 0 Å². The van der Waals surface area contributed by atoms with Gasteiger partial charge in [-0.05, 0) is 57.0 Å². The minimum Gasteiger partial charge on any atom is -0.342 e. The number of nitrogens with zero attached hydrogens (tertiary/aromatic N) is 1. The predicted octanol–water partition coefficient (Wildman–Crippen LogP) is 1.24. The van der Waals surface area contributed by atoms with E-state index >= 15 is 0 Å². The molecule has 2 heterocycles. The second-order valence-electron chi connectivity index (χ2n) is 5.69. The molecule has 0 spiro atoms. The van der Waals surface area contributed by atoms with Crippen LogP contribution in [0.25, 0.3) is 0 Å². The number of hydrogen-bond donors (Lipinski definition) is 1. The number of amides is 1. The van der Waals surface area contributed by atoms with Crippen LogP contribution in [0.1, 0.15) is 32.1 Å². The number of hydrogen-bond acceptors (Lipinski definition) is 2. The van der Waals surface area contributed by atoms with E-state index in [0.717, 1.165) is 37.8 Å². The van der Waals surface area contributed by atoms with Crippen LogP contribution in [0.3, 0.4) is 0 Å². The molecular formula is C13H22N2O. The number of piperidine rings is 1. The number of likely N-dealkylation sites (tertiary alicyclic amines) is 1. The van der Waals surface area contributed by atoms with E-state index in [9.17, 15) is 4.79 Å². The Morgan fingerprint density at radius 3 is 2.44 bits per heavy atom.